The molecule has 25 heavy (non-hydrogen) atoms. The highest BCUT2D eigenvalue weighted by Crippen LogP contribution is 2.55. The molecule has 2 aliphatic carbocycles. The Bertz CT molecular complexity index is 656. The highest BCUT2D eigenvalue weighted by molar-refractivity contribution is 5.77. The summed E-state index contributed by atoms with van der Waals surface area (Å²) in [5, 5.41) is 3.89. The maximum atomic E-state index is 12.7. The van der Waals surface area contributed by atoms with E-state index in [1.807, 2.05) is 17.9 Å². The van der Waals surface area contributed by atoms with Gasteiger partial charge < -0.3 is 18.9 Å². The maximum absolute atomic E-state index is 12.7. The topological polar surface area (TPSA) is 64.8 Å². The van der Waals surface area contributed by atoms with Crippen LogP contribution in [-0.2, 0) is 20.9 Å². The quantitative estimate of drug-likeness (QED) is 0.837. The zero-order valence-electron chi connectivity index (χ0n) is 15.4. The summed E-state index contributed by atoms with van der Waals surface area (Å²) in [6, 6.07) is 1.83. The highest BCUT2D eigenvalue weighted by atomic mass is 16.5. The van der Waals surface area contributed by atoms with Crippen molar-refractivity contribution in [2.24, 2.45) is 11.8 Å². The van der Waals surface area contributed by atoms with E-state index in [0.29, 0.717) is 25.6 Å². The average molecular weight is 348 g/mol. The first kappa shape index (κ1) is 17.0. The molecule has 6 heteroatoms. The van der Waals surface area contributed by atoms with Crippen LogP contribution in [0.5, 0.6) is 0 Å². The van der Waals surface area contributed by atoms with E-state index in [4.69, 9.17) is 14.0 Å². The predicted octanol–water partition coefficient (Wildman–Crippen LogP) is 2.70. The fraction of sp³-hybridized carbons (Fsp3) is 0.789. The van der Waals surface area contributed by atoms with E-state index >= 15 is 0 Å². The molecule has 3 fully saturated rings. The van der Waals surface area contributed by atoms with Gasteiger partial charge in [0.1, 0.15) is 18.1 Å². The van der Waals surface area contributed by atoms with E-state index in [2.05, 4.69) is 19.0 Å². The third kappa shape index (κ3) is 3.34. The first-order valence-corrected chi connectivity index (χ1v) is 9.33. The summed E-state index contributed by atoms with van der Waals surface area (Å²) >= 11 is 0. The molecule has 1 aromatic rings. The Morgan fingerprint density at radius 1 is 1.40 bits per heavy atom. The molecule has 1 amide bonds. The van der Waals surface area contributed by atoms with Crippen molar-refractivity contribution in [1.29, 1.82) is 0 Å². The van der Waals surface area contributed by atoms with Gasteiger partial charge in [0.15, 0.2) is 0 Å². The molecule has 6 nitrogen and oxygen atoms in total. The number of aryl methyl sites for hydroxylation is 1. The second-order valence-corrected chi connectivity index (χ2v) is 8.68. The van der Waals surface area contributed by atoms with Gasteiger partial charge in [-0.2, -0.15) is 0 Å². The van der Waals surface area contributed by atoms with Crippen LogP contribution >= 0.6 is 0 Å². The number of morpholine rings is 1. The first-order valence-electron chi connectivity index (χ1n) is 9.33. The fourth-order valence-electron chi connectivity index (χ4n) is 5.16. The van der Waals surface area contributed by atoms with Gasteiger partial charge in [-0.15, -0.1) is 0 Å². The number of rotatable bonds is 4. The molecule has 1 spiro atoms. The zero-order chi connectivity index (χ0) is 17.7. The van der Waals surface area contributed by atoms with Crippen LogP contribution in [0.15, 0.2) is 10.6 Å². The molecule has 1 saturated heterocycles. The van der Waals surface area contributed by atoms with Crippen LogP contribution in [0.25, 0.3) is 0 Å². The predicted molar refractivity (Wildman–Crippen MR) is 90.8 cm³/mol. The Balaban J connectivity index is 1.38. The van der Waals surface area contributed by atoms with Crippen LogP contribution < -0.4 is 0 Å². The third-order valence-corrected chi connectivity index (χ3v) is 5.93. The Kier molecular flexibility index (Phi) is 4.15. The molecule has 1 aliphatic heterocycles. The summed E-state index contributed by atoms with van der Waals surface area (Å²) in [7, 11) is 0. The van der Waals surface area contributed by atoms with Crippen molar-refractivity contribution in [1.82, 2.24) is 10.1 Å². The largest absolute Gasteiger partial charge is 0.365 e. The summed E-state index contributed by atoms with van der Waals surface area (Å²) in [6.45, 7) is 7.74. The normalized spacial score (nSPS) is 33.3. The van der Waals surface area contributed by atoms with Crippen molar-refractivity contribution in [2.45, 2.75) is 64.3 Å². The van der Waals surface area contributed by atoms with E-state index in [0.717, 1.165) is 23.8 Å². The number of aromatic nitrogens is 1. The van der Waals surface area contributed by atoms with Crippen LogP contribution in [0.4, 0.5) is 0 Å². The van der Waals surface area contributed by atoms with E-state index in [9.17, 15) is 4.79 Å². The van der Waals surface area contributed by atoms with Gasteiger partial charge in [-0.25, -0.2) is 0 Å². The summed E-state index contributed by atoms with van der Waals surface area (Å²) in [5.74, 6) is 2.17. The minimum absolute atomic E-state index is 0.0405. The van der Waals surface area contributed by atoms with Crippen LogP contribution in [0, 0.1) is 18.8 Å². The first-order chi connectivity index (χ1) is 11.9. The van der Waals surface area contributed by atoms with Gasteiger partial charge >= 0.3 is 0 Å². The van der Waals surface area contributed by atoms with Crippen molar-refractivity contribution in [3.05, 3.63) is 17.5 Å². The van der Waals surface area contributed by atoms with Crippen molar-refractivity contribution in [3.63, 3.8) is 0 Å². The molecule has 3 unspecified atom stereocenters. The monoisotopic (exact) mass is 348 g/mol. The van der Waals surface area contributed by atoms with E-state index in [-0.39, 0.29) is 23.7 Å². The van der Waals surface area contributed by atoms with Crippen LogP contribution in [0.2, 0.25) is 0 Å². The van der Waals surface area contributed by atoms with Gasteiger partial charge in [0.05, 0.1) is 24.4 Å². The smallest absolute Gasteiger partial charge is 0.248 e. The molecule has 138 valence electrons. The number of carbonyl (C=O) groups excluding carboxylic acids is 1. The molecular formula is C19H28N2O4. The number of hydrogen-bond acceptors (Lipinski definition) is 5. The van der Waals surface area contributed by atoms with Gasteiger partial charge in [0.25, 0.3) is 0 Å². The van der Waals surface area contributed by atoms with Crippen LogP contribution in [0.1, 0.15) is 51.0 Å². The van der Waals surface area contributed by atoms with Crippen LogP contribution in [-0.4, -0.2) is 46.9 Å². The molecule has 2 bridgehead atoms. The second kappa shape index (κ2) is 6.09. The molecular weight excluding hydrogens is 320 g/mol. The van der Waals surface area contributed by atoms with Crippen molar-refractivity contribution in [2.75, 3.05) is 19.7 Å². The lowest BCUT2D eigenvalue weighted by atomic mass is 9.81. The highest BCUT2D eigenvalue weighted by Gasteiger charge is 2.57. The molecule has 0 aromatic carbocycles. The lowest BCUT2D eigenvalue weighted by molar-refractivity contribution is -0.219. The number of carbonyl (C=O) groups is 1. The maximum Gasteiger partial charge on any atom is 0.248 e. The standard InChI is InChI=1S/C19H28N2O4/c1-13-6-16(20-24-13)9-23-10-17(22)21-11-18(2,3)25-19(12-21)8-14-4-5-15(19)7-14/h6,14-15H,4-5,7-12H2,1-3H3. The van der Waals surface area contributed by atoms with Crippen molar-refractivity contribution in [3.8, 4) is 0 Å². The molecule has 3 atom stereocenters. The van der Waals surface area contributed by atoms with Gasteiger partial charge in [-0.05, 0) is 58.3 Å². The van der Waals surface area contributed by atoms with Crippen molar-refractivity contribution >= 4 is 5.91 Å². The Labute approximate surface area is 148 Å². The van der Waals surface area contributed by atoms with Gasteiger partial charge in [0, 0.05) is 12.6 Å². The Hall–Kier alpha value is -1.40. The van der Waals surface area contributed by atoms with Crippen molar-refractivity contribution < 1.29 is 18.8 Å². The minimum Gasteiger partial charge on any atom is -0.365 e. The Morgan fingerprint density at radius 3 is 2.88 bits per heavy atom. The fourth-order valence-corrected chi connectivity index (χ4v) is 5.16. The lowest BCUT2D eigenvalue weighted by Crippen LogP contribution is -2.63. The number of amides is 1. The summed E-state index contributed by atoms with van der Waals surface area (Å²) in [6.07, 6.45) is 4.93. The molecule has 1 aromatic heterocycles. The molecule has 2 saturated carbocycles. The summed E-state index contributed by atoms with van der Waals surface area (Å²) < 4.78 is 17.1. The molecule has 3 aliphatic rings. The number of fused-ring (bicyclic) bond motifs is 3. The summed E-state index contributed by atoms with van der Waals surface area (Å²) in [4.78, 5) is 14.7. The van der Waals surface area contributed by atoms with E-state index < -0.39 is 0 Å². The van der Waals surface area contributed by atoms with Crippen LogP contribution in [0.3, 0.4) is 0 Å². The number of ether oxygens (including phenoxy) is 2. The molecule has 0 radical (unpaired) electrons. The van der Waals surface area contributed by atoms with E-state index in [1.165, 1.54) is 19.3 Å². The third-order valence-electron chi connectivity index (χ3n) is 5.93. The van der Waals surface area contributed by atoms with Gasteiger partial charge in [-0.1, -0.05) is 5.16 Å². The van der Waals surface area contributed by atoms with E-state index in [1.54, 1.807) is 0 Å². The number of hydrogen-bond donors (Lipinski definition) is 0. The molecule has 2 heterocycles. The molecule has 0 N–H and O–H groups in total. The zero-order valence-corrected chi connectivity index (χ0v) is 15.4. The SMILES string of the molecule is Cc1cc(COCC(=O)N2CC(C)(C)OC3(CC4CCC3C4)C2)no1. The van der Waals surface area contributed by atoms with Gasteiger partial charge in [0.2, 0.25) is 5.91 Å². The van der Waals surface area contributed by atoms with Gasteiger partial charge in [-0.3, -0.25) is 4.79 Å². The summed E-state index contributed by atoms with van der Waals surface area (Å²) in [5.41, 5.74) is 0.280. The number of nitrogens with zero attached hydrogens (tertiary/aromatic N) is 2. The Morgan fingerprint density at radius 2 is 2.24 bits per heavy atom. The second-order valence-electron chi connectivity index (χ2n) is 8.68. The lowest BCUT2D eigenvalue weighted by Gasteiger charge is -2.52. The molecule has 4 rings (SSSR count). The minimum atomic E-state index is -0.304. The average Bonchev–Trinajstić information content (AvgIpc) is 3.21.